The van der Waals surface area contributed by atoms with E-state index in [1.165, 1.54) is 0 Å². The summed E-state index contributed by atoms with van der Waals surface area (Å²) in [7, 11) is 0. The van der Waals surface area contributed by atoms with E-state index in [1.807, 2.05) is 4.90 Å². The van der Waals surface area contributed by atoms with Gasteiger partial charge in [-0.1, -0.05) is 13.8 Å². The average molecular weight is 239 g/mol. The number of carbonyl (C=O) groups excluding carboxylic acids is 1. The van der Waals surface area contributed by atoms with Crippen LogP contribution in [-0.4, -0.2) is 54.5 Å². The molecule has 98 valence electrons. The molecule has 4 heteroatoms. The molecule has 0 aliphatic carbocycles. The largest absolute Gasteiger partial charge is 0.342 e. The van der Waals surface area contributed by atoms with Gasteiger partial charge in [0.1, 0.15) is 0 Å². The summed E-state index contributed by atoms with van der Waals surface area (Å²) >= 11 is 0. The highest BCUT2D eigenvalue weighted by atomic mass is 16.2. The monoisotopic (exact) mass is 239 g/mol. The van der Waals surface area contributed by atoms with Crippen molar-refractivity contribution >= 4 is 5.91 Å². The van der Waals surface area contributed by atoms with Crippen LogP contribution in [0, 0.1) is 11.8 Å². The molecule has 2 rings (SSSR count). The highest BCUT2D eigenvalue weighted by Crippen LogP contribution is 2.18. The van der Waals surface area contributed by atoms with Crippen LogP contribution in [0.3, 0.4) is 0 Å². The predicted octanol–water partition coefficient (Wildman–Crippen LogP) is 0.524. The topological polar surface area (TPSA) is 49.6 Å². The third kappa shape index (κ3) is 3.19. The first kappa shape index (κ1) is 12.8. The van der Waals surface area contributed by atoms with Crippen molar-refractivity contribution in [3.8, 4) is 0 Å². The first-order chi connectivity index (χ1) is 8.06. The molecule has 2 aliphatic rings. The smallest absolute Gasteiger partial charge is 0.236 e. The first-order valence-electron chi connectivity index (χ1n) is 6.82. The van der Waals surface area contributed by atoms with Crippen LogP contribution in [-0.2, 0) is 4.79 Å². The van der Waals surface area contributed by atoms with Crippen molar-refractivity contribution in [3.05, 3.63) is 0 Å². The Kier molecular flexibility index (Phi) is 4.05. The number of rotatable bonds is 2. The van der Waals surface area contributed by atoms with E-state index in [-0.39, 0.29) is 6.04 Å². The maximum Gasteiger partial charge on any atom is 0.236 e. The molecule has 0 aromatic carbocycles. The number of likely N-dealkylation sites (tertiary alicyclic amines) is 2. The molecule has 1 amide bonds. The van der Waals surface area contributed by atoms with Crippen LogP contribution in [0.15, 0.2) is 0 Å². The lowest BCUT2D eigenvalue weighted by atomic mass is 9.99. The minimum Gasteiger partial charge on any atom is -0.342 e. The summed E-state index contributed by atoms with van der Waals surface area (Å²) < 4.78 is 0. The summed E-state index contributed by atoms with van der Waals surface area (Å²) in [5.74, 6) is 1.58. The van der Waals surface area contributed by atoms with E-state index in [0.29, 0.717) is 18.4 Å². The van der Waals surface area contributed by atoms with Gasteiger partial charge in [-0.3, -0.25) is 9.69 Å². The molecular weight excluding hydrogens is 214 g/mol. The molecule has 0 saturated carbocycles. The summed E-state index contributed by atoms with van der Waals surface area (Å²) in [6.45, 7) is 8.71. The molecule has 2 fully saturated rings. The Morgan fingerprint density at radius 2 is 1.88 bits per heavy atom. The Labute approximate surface area is 104 Å². The van der Waals surface area contributed by atoms with E-state index in [9.17, 15) is 4.79 Å². The summed E-state index contributed by atoms with van der Waals surface area (Å²) in [6, 6.07) is 0.240. The second-order valence-corrected chi connectivity index (χ2v) is 5.90. The summed E-state index contributed by atoms with van der Waals surface area (Å²) in [6.07, 6.45) is 2.31. The van der Waals surface area contributed by atoms with Gasteiger partial charge in [-0.15, -0.1) is 0 Å². The summed E-state index contributed by atoms with van der Waals surface area (Å²) in [4.78, 5) is 16.3. The zero-order chi connectivity index (χ0) is 12.4. The lowest BCUT2D eigenvalue weighted by Gasteiger charge is -2.31. The van der Waals surface area contributed by atoms with Gasteiger partial charge in [0.15, 0.2) is 0 Å². The Bertz CT molecular complexity index is 264. The zero-order valence-electron chi connectivity index (χ0n) is 11.1. The molecule has 2 N–H and O–H groups in total. The highest BCUT2D eigenvalue weighted by molar-refractivity contribution is 5.78. The third-order valence-electron chi connectivity index (χ3n) is 4.24. The predicted molar refractivity (Wildman–Crippen MR) is 68.6 cm³/mol. The van der Waals surface area contributed by atoms with Crippen LogP contribution in [0.25, 0.3) is 0 Å². The maximum absolute atomic E-state index is 12.1. The number of nitrogens with zero attached hydrogens (tertiary/aromatic N) is 2. The highest BCUT2D eigenvalue weighted by Gasteiger charge is 2.29. The molecule has 0 radical (unpaired) electrons. The van der Waals surface area contributed by atoms with E-state index in [1.54, 1.807) is 0 Å². The zero-order valence-corrected chi connectivity index (χ0v) is 11.1. The van der Waals surface area contributed by atoms with Gasteiger partial charge < -0.3 is 10.6 Å². The van der Waals surface area contributed by atoms with E-state index in [4.69, 9.17) is 5.73 Å². The molecule has 0 aromatic heterocycles. The minimum absolute atomic E-state index is 0.240. The number of piperidine rings is 1. The van der Waals surface area contributed by atoms with E-state index >= 15 is 0 Å². The van der Waals surface area contributed by atoms with Crippen molar-refractivity contribution in [2.75, 3.05) is 32.7 Å². The lowest BCUT2D eigenvalue weighted by molar-refractivity contribution is -0.133. The number of amides is 1. The normalized spacial score (nSPS) is 32.1. The van der Waals surface area contributed by atoms with E-state index in [0.717, 1.165) is 44.9 Å². The van der Waals surface area contributed by atoms with Crippen molar-refractivity contribution in [2.24, 2.45) is 17.6 Å². The summed E-state index contributed by atoms with van der Waals surface area (Å²) in [5, 5.41) is 0. The number of hydrogen-bond acceptors (Lipinski definition) is 3. The molecule has 17 heavy (non-hydrogen) atoms. The van der Waals surface area contributed by atoms with Gasteiger partial charge in [-0.2, -0.15) is 0 Å². The Morgan fingerprint density at radius 1 is 1.24 bits per heavy atom. The van der Waals surface area contributed by atoms with Gasteiger partial charge in [0.05, 0.1) is 6.54 Å². The van der Waals surface area contributed by atoms with Crippen LogP contribution in [0.5, 0.6) is 0 Å². The van der Waals surface area contributed by atoms with Crippen LogP contribution in [0.2, 0.25) is 0 Å². The lowest BCUT2D eigenvalue weighted by Crippen LogP contribution is -2.43. The molecule has 0 spiro atoms. The van der Waals surface area contributed by atoms with E-state index in [2.05, 4.69) is 18.7 Å². The van der Waals surface area contributed by atoms with Crippen LogP contribution < -0.4 is 5.73 Å². The molecule has 2 aliphatic heterocycles. The number of carbonyl (C=O) groups is 1. The van der Waals surface area contributed by atoms with E-state index < -0.39 is 0 Å². The van der Waals surface area contributed by atoms with Crippen LogP contribution in [0.4, 0.5) is 0 Å². The second kappa shape index (κ2) is 5.36. The fourth-order valence-corrected chi connectivity index (χ4v) is 2.77. The molecule has 0 bridgehead atoms. The Balaban J connectivity index is 1.78. The quantitative estimate of drug-likeness (QED) is 0.764. The van der Waals surface area contributed by atoms with Gasteiger partial charge in [-0.25, -0.2) is 0 Å². The molecular formula is C13H25N3O. The fourth-order valence-electron chi connectivity index (χ4n) is 2.77. The SMILES string of the molecule is CC1CCN(C(=O)CN2CC(C)C(N)C2)CC1. The van der Waals surface area contributed by atoms with Crippen molar-refractivity contribution in [1.82, 2.24) is 9.80 Å². The summed E-state index contributed by atoms with van der Waals surface area (Å²) in [5.41, 5.74) is 5.97. The molecule has 4 nitrogen and oxygen atoms in total. The molecule has 0 aromatic rings. The number of hydrogen-bond donors (Lipinski definition) is 1. The van der Waals surface area contributed by atoms with Crippen molar-refractivity contribution in [1.29, 1.82) is 0 Å². The fraction of sp³-hybridized carbons (Fsp3) is 0.923. The minimum atomic E-state index is 0.240. The van der Waals surface area contributed by atoms with Crippen LogP contribution >= 0.6 is 0 Å². The maximum atomic E-state index is 12.1. The van der Waals surface area contributed by atoms with Crippen molar-refractivity contribution in [2.45, 2.75) is 32.7 Å². The van der Waals surface area contributed by atoms with Gasteiger partial charge >= 0.3 is 0 Å². The van der Waals surface area contributed by atoms with Crippen molar-refractivity contribution in [3.63, 3.8) is 0 Å². The van der Waals surface area contributed by atoms with Crippen molar-refractivity contribution < 1.29 is 4.79 Å². The first-order valence-corrected chi connectivity index (χ1v) is 6.82. The van der Waals surface area contributed by atoms with Gasteiger partial charge in [-0.05, 0) is 24.7 Å². The Morgan fingerprint density at radius 3 is 2.41 bits per heavy atom. The Hall–Kier alpha value is -0.610. The van der Waals surface area contributed by atoms with Gasteiger partial charge in [0.2, 0.25) is 5.91 Å². The molecule has 2 saturated heterocycles. The molecule has 2 heterocycles. The average Bonchev–Trinajstić information content (AvgIpc) is 2.58. The molecule has 2 atom stereocenters. The standard InChI is InChI=1S/C13H25N3O/c1-10-3-5-16(6-4-10)13(17)9-15-7-11(2)12(14)8-15/h10-12H,3-9,14H2,1-2H3. The molecule has 2 unspecified atom stereocenters. The third-order valence-corrected chi connectivity index (χ3v) is 4.24. The number of nitrogens with two attached hydrogens (primary N) is 1. The van der Waals surface area contributed by atoms with Crippen LogP contribution in [0.1, 0.15) is 26.7 Å². The van der Waals surface area contributed by atoms with Gasteiger partial charge in [0.25, 0.3) is 0 Å². The second-order valence-electron chi connectivity index (χ2n) is 5.90. The van der Waals surface area contributed by atoms with Gasteiger partial charge in [0, 0.05) is 32.2 Å².